The molecule has 2 nitrogen and oxygen atoms in total. The Labute approximate surface area is 105 Å². The first-order valence-electron chi connectivity index (χ1n) is 6.17. The highest BCUT2D eigenvalue weighted by molar-refractivity contribution is 5.33. The average molecular weight is 235 g/mol. The quantitative estimate of drug-likeness (QED) is 0.844. The van der Waals surface area contributed by atoms with E-state index in [1.165, 1.54) is 11.1 Å². The van der Waals surface area contributed by atoms with Gasteiger partial charge in [-0.2, -0.15) is 0 Å². The summed E-state index contributed by atoms with van der Waals surface area (Å²) < 4.78 is 0. The summed E-state index contributed by atoms with van der Waals surface area (Å²) in [5.74, 6) is 0. The van der Waals surface area contributed by atoms with Crippen LogP contribution in [0.3, 0.4) is 0 Å². The van der Waals surface area contributed by atoms with Crippen molar-refractivity contribution in [1.82, 2.24) is 5.32 Å². The van der Waals surface area contributed by atoms with Gasteiger partial charge in [-0.3, -0.25) is 0 Å². The van der Waals surface area contributed by atoms with E-state index in [9.17, 15) is 5.11 Å². The van der Waals surface area contributed by atoms with Crippen LogP contribution in [0.1, 0.15) is 44.4 Å². The normalized spacial score (nSPS) is 15.7. The second-order valence-electron chi connectivity index (χ2n) is 6.18. The lowest BCUT2D eigenvalue weighted by Gasteiger charge is -2.30. The Balaban J connectivity index is 2.85. The number of aryl methyl sites for hydroxylation is 2. The zero-order chi connectivity index (χ0) is 13.3. The van der Waals surface area contributed by atoms with E-state index < -0.39 is 5.60 Å². The van der Waals surface area contributed by atoms with E-state index >= 15 is 0 Å². The molecule has 2 heteroatoms. The fourth-order valence-corrected chi connectivity index (χ4v) is 1.62. The minimum Gasteiger partial charge on any atom is -0.384 e. The summed E-state index contributed by atoms with van der Waals surface area (Å²) in [5.41, 5.74) is 2.64. The molecule has 1 aromatic rings. The summed E-state index contributed by atoms with van der Waals surface area (Å²) in [5, 5.41) is 13.8. The number of nitrogens with one attached hydrogen (secondary N) is 1. The van der Waals surface area contributed by atoms with Crippen LogP contribution >= 0.6 is 0 Å². The third-order valence-electron chi connectivity index (χ3n) is 3.09. The highest BCUT2D eigenvalue weighted by Gasteiger charge is 2.25. The highest BCUT2D eigenvalue weighted by atomic mass is 16.3. The molecular formula is C15H25NO. The summed E-state index contributed by atoms with van der Waals surface area (Å²) in [7, 11) is 0. The third-order valence-corrected chi connectivity index (χ3v) is 3.09. The van der Waals surface area contributed by atoms with Crippen LogP contribution in [0.4, 0.5) is 0 Å². The van der Waals surface area contributed by atoms with Gasteiger partial charge in [-0.15, -0.1) is 0 Å². The summed E-state index contributed by atoms with van der Waals surface area (Å²) in [6.07, 6.45) is 0. The zero-order valence-electron chi connectivity index (χ0n) is 11.9. The largest absolute Gasteiger partial charge is 0.384 e. The lowest BCUT2D eigenvalue weighted by molar-refractivity contribution is 0.0501. The van der Waals surface area contributed by atoms with Crippen LogP contribution < -0.4 is 5.32 Å². The van der Waals surface area contributed by atoms with Crippen molar-refractivity contribution in [1.29, 1.82) is 0 Å². The van der Waals surface area contributed by atoms with Gasteiger partial charge in [0.2, 0.25) is 0 Å². The molecule has 0 aliphatic heterocycles. The fourth-order valence-electron chi connectivity index (χ4n) is 1.62. The number of aliphatic hydroxyl groups is 1. The number of hydrogen-bond donors (Lipinski definition) is 2. The molecule has 0 aromatic heterocycles. The maximum absolute atomic E-state index is 10.5. The van der Waals surface area contributed by atoms with Crippen molar-refractivity contribution in [3.8, 4) is 0 Å². The third kappa shape index (κ3) is 4.14. The minimum absolute atomic E-state index is 0.0176. The molecule has 0 amide bonds. The first-order valence-corrected chi connectivity index (χ1v) is 6.17. The Kier molecular flexibility index (Phi) is 4.00. The van der Waals surface area contributed by atoms with Gasteiger partial charge in [0.25, 0.3) is 0 Å². The Morgan fingerprint density at radius 2 is 1.65 bits per heavy atom. The van der Waals surface area contributed by atoms with E-state index in [4.69, 9.17) is 0 Å². The van der Waals surface area contributed by atoms with Crippen LogP contribution in [0.25, 0.3) is 0 Å². The van der Waals surface area contributed by atoms with Crippen molar-refractivity contribution < 1.29 is 5.11 Å². The van der Waals surface area contributed by atoms with E-state index in [0.29, 0.717) is 6.54 Å². The van der Waals surface area contributed by atoms with E-state index in [1.807, 2.05) is 13.0 Å². The smallest absolute Gasteiger partial charge is 0.0992 e. The molecule has 0 radical (unpaired) electrons. The summed E-state index contributed by atoms with van der Waals surface area (Å²) in [6, 6.07) is 6.14. The average Bonchev–Trinajstić information content (AvgIpc) is 2.18. The first kappa shape index (κ1) is 14.2. The zero-order valence-corrected chi connectivity index (χ0v) is 11.9. The Bertz CT molecular complexity index is 388. The first-order chi connectivity index (χ1) is 7.62. The lowest BCUT2D eigenvalue weighted by atomic mass is 9.92. The standard InChI is InChI=1S/C15H25NO/c1-11-7-8-13(9-12(11)2)15(6,17)10-16-14(3,4)5/h7-9,16-17H,10H2,1-6H3. The van der Waals surface area contributed by atoms with Crippen LogP contribution in [0.15, 0.2) is 18.2 Å². The van der Waals surface area contributed by atoms with Gasteiger partial charge in [0.05, 0.1) is 5.60 Å². The molecule has 1 rings (SSSR count). The van der Waals surface area contributed by atoms with Crippen molar-refractivity contribution in [2.45, 2.75) is 52.7 Å². The molecule has 0 heterocycles. The molecule has 96 valence electrons. The van der Waals surface area contributed by atoms with Crippen molar-refractivity contribution in [2.24, 2.45) is 0 Å². The summed E-state index contributed by atoms with van der Waals surface area (Å²) in [4.78, 5) is 0. The SMILES string of the molecule is Cc1ccc(C(C)(O)CNC(C)(C)C)cc1C. The van der Waals surface area contributed by atoms with Gasteiger partial charge in [0, 0.05) is 12.1 Å². The molecule has 0 saturated heterocycles. The number of hydrogen-bond acceptors (Lipinski definition) is 2. The maximum atomic E-state index is 10.5. The number of rotatable bonds is 3. The molecule has 0 saturated carbocycles. The van der Waals surface area contributed by atoms with Crippen LogP contribution in [0.5, 0.6) is 0 Å². The van der Waals surface area contributed by atoms with Gasteiger partial charge in [0.15, 0.2) is 0 Å². The molecule has 0 spiro atoms. The van der Waals surface area contributed by atoms with Crippen molar-refractivity contribution >= 4 is 0 Å². The Morgan fingerprint density at radius 1 is 1.06 bits per heavy atom. The molecule has 0 aliphatic rings. The van der Waals surface area contributed by atoms with Crippen LogP contribution in [-0.4, -0.2) is 17.2 Å². The molecule has 0 aliphatic carbocycles. The van der Waals surface area contributed by atoms with Crippen LogP contribution in [-0.2, 0) is 5.60 Å². The van der Waals surface area contributed by atoms with Gasteiger partial charge in [0.1, 0.15) is 0 Å². The molecule has 2 N–H and O–H groups in total. The Hall–Kier alpha value is -0.860. The van der Waals surface area contributed by atoms with Gasteiger partial charge in [-0.25, -0.2) is 0 Å². The molecule has 17 heavy (non-hydrogen) atoms. The van der Waals surface area contributed by atoms with E-state index in [0.717, 1.165) is 5.56 Å². The van der Waals surface area contributed by atoms with Crippen LogP contribution in [0, 0.1) is 13.8 Å². The molecule has 0 bridgehead atoms. The van der Waals surface area contributed by atoms with Crippen molar-refractivity contribution in [3.05, 3.63) is 34.9 Å². The Morgan fingerprint density at radius 3 is 2.12 bits per heavy atom. The molecule has 0 fully saturated rings. The highest BCUT2D eigenvalue weighted by Crippen LogP contribution is 2.23. The van der Waals surface area contributed by atoms with Crippen molar-refractivity contribution in [2.75, 3.05) is 6.54 Å². The second kappa shape index (κ2) is 4.79. The number of β-amino-alcohol motifs (C(OH)–C–C–N with tert-alkyl or cyclic N) is 1. The summed E-state index contributed by atoms with van der Waals surface area (Å²) >= 11 is 0. The van der Waals surface area contributed by atoms with Crippen molar-refractivity contribution in [3.63, 3.8) is 0 Å². The van der Waals surface area contributed by atoms with E-state index in [-0.39, 0.29) is 5.54 Å². The minimum atomic E-state index is -0.828. The topological polar surface area (TPSA) is 32.3 Å². The summed E-state index contributed by atoms with van der Waals surface area (Å²) in [6.45, 7) is 12.9. The van der Waals surface area contributed by atoms with Gasteiger partial charge < -0.3 is 10.4 Å². The molecule has 1 atom stereocenters. The van der Waals surface area contributed by atoms with E-state index in [2.05, 4.69) is 52.1 Å². The van der Waals surface area contributed by atoms with Gasteiger partial charge in [-0.1, -0.05) is 18.2 Å². The molecular weight excluding hydrogens is 210 g/mol. The predicted molar refractivity (Wildman–Crippen MR) is 73.2 cm³/mol. The second-order valence-corrected chi connectivity index (χ2v) is 6.18. The number of benzene rings is 1. The molecule has 1 unspecified atom stereocenters. The van der Waals surface area contributed by atoms with Gasteiger partial charge in [-0.05, 0) is 58.2 Å². The van der Waals surface area contributed by atoms with Gasteiger partial charge >= 0.3 is 0 Å². The monoisotopic (exact) mass is 235 g/mol. The van der Waals surface area contributed by atoms with E-state index in [1.54, 1.807) is 0 Å². The van der Waals surface area contributed by atoms with Crippen LogP contribution in [0.2, 0.25) is 0 Å². The fraction of sp³-hybridized carbons (Fsp3) is 0.600. The molecule has 1 aromatic carbocycles. The maximum Gasteiger partial charge on any atom is 0.0992 e. The predicted octanol–water partition coefficient (Wildman–Crippen LogP) is 2.90. The lowest BCUT2D eigenvalue weighted by Crippen LogP contribution is -2.44.